The normalized spacial score (nSPS) is 14.6. The highest BCUT2D eigenvalue weighted by Crippen LogP contribution is 2.19. The van der Waals surface area contributed by atoms with Crippen molar-refractivity contribution < 1.29 is 13.2 Å². The lowest BCUT2D eigenvalue weighted by atomic mass is 10.1. The highest BCUT2D eigenvalue weighted by atomic mass is 32.2. The van der Waals surface area contributed by atoms with Crippen LogP contribution < -0.4 is 4.72 Å². The molecule has 122 valence electrons. The fourth-order valence-corrected chi connectivity index (χ4v) is 3.73. The van der Waals surface area contributed by atoms with E-state index < -0.39 is 10.0 Å². The zero-order chi connectivity index (χ0) is 16.4. The number of nitrogens with one attached hydrogen (secondary N) is 2. The summed E-state index contributed by atoms with van der Waals surface area (Å²) >= 11 is 0. The van der Waals surface area contributed by atoms with Crippen molar-refractivity contribution in [3.63, 3.8) is 0 Å². The van der Waals surface area contributed by atoms with Crippen molar-refractivity contribution in [2.75, 3.05) is 13.1 Å². The molecule has 1 aromatic heterocycles. The Labute approximate surface area is 134 Å². The largest absolute Gasteiger partial charge is 0.334 e. The number of H-pyrrole nitrogens is 1. The van der Waals surface area contributed by atoms with Gasteiger partial charge < -0.3 is 4.90 Å². The van der Waals surface area contributed by atoms with Crippen molar-refractivity contribution in [1.82, 2.24) is 19.8 Å². The summed E-state index contributed by atoms with van der Waals surface area (Å²) in [5.74, 6) is -0.176. The summed E-state index contributed by atoms with van der Waals surface area (Å²) in [7, 11) is -3.57. The zero-order valence-electron chi connectivity index (χ0n) is 12.7. The van der Waals surface area contributed by atoms with E-state index in [1.807, 2.05) is 0 Å². The molecule has 1 amide bonds. The van der Waals surface area contributed by atoms with E-state index in [9.17, 15) is 13.2 Å². The van der Waals surface area contributed by atoms with Crippen molar-refractivity contribution >= 4 is 15.9 Å². The molecular formula is C15H18N4O3S. The minimum absolute atomic E-state index is 0.103. The Morgan fingerprint density at radius 3 is 3.04 bits per heavy atom. The topological polar surface area (TPSA) is 95.2 Å². The van der Waals surface area contributed by atoms with Gasteiger partial charge >= 0.3 is 0 Å². The average Bonchev–Trinajstić information content (AvgIpc) is 3.02. The number of rotatable bonds is 4. The lowest BCUT2D eigenvalue weighted by molar-refractivity contribution is 0.0734. The number of aromatic nitrogens is 2. The molecule has 8 heteroatoms. The van der Waals surface area contributed by atoms with Gasteiger partial charge in [-0.3, -0.25) is 9.89 Å². The molecule has 1 aliphatic heterocycles. The number of carbonyl (C=O) groups excluding carboxylic acids is 1. The SMILES string of the molecule is CCNS(=O)(=O)c1cccc(C(=O)N2CCc3[nH]ncc3C2)c1. The summed E-state index contributed by atoms with van der Waals surface area (Å²) in [5.41, 5.74) is 2.43. The molecule has 0 saturated heterocycles. The second-order valence-corrected chi connectivity index (χ2v) is 7.15. The van der Waals surface area contributed by atoms with Crippen LogP contribution in [-0.4, -0.2) is 42.5 Å². The van der Waals surface area contributed by atoms with E-state index in [0.29, 0.717) is 25.2 Å². The van der Waals surface area contributed by atoms with Gasteiger partial charge in [0.25, 0.3) is 5.91 Å². The van der Waals surface area contributed by atoms with Gasteiger partial charge in [-0.25, -0.2) is 13.1 Å². The van der Waals surface area contributed by atoms with Crippen LogP contribution in [0.25, 0.3) is 0 Å². The van der Waals surface area contributed by atoms with Gasteiger partial charge in [-0.05, 0) is 18.2 Å². The number of carbonyl (C=O) groups is 1. The molecule has 0 fully saturated rings. The van der Waals surface area contributed by atoms with E-state index >= 15 is 0 Å². The minimum atomic E-state index is -3.57. The van der Waals surface area contributed by atoms with E-state index in [4.69, 9.17) is 0 Å². The molecule has 1 aromatic carbocycles. The lowest BCUT2D eigenvalue weighted by Gasteiger charge is -2.26. The van der Waals surface area contributed by atoms with Crippen LogP contribution in [0.2, 0.25) is 0 Å². The fraction of sp³-hybridized carbons (Fsp3) is 0.333. The highest BCUT2D eigenvalue weighted by Gasteiger charge is 2.24. The summed E-state index contributed by atoms with van der Waals surface area (Å²) in [6.07, 6.45) is 2.44. The minimum Gasteiger partial charge on any atom is -0.334 e. The van der Waals surface area contributed by atoms with Crippen LogP contribution in [0.15, 0.2) is 35.4 Å². The second-order valence-electron chi connectivity index (χ2n) is 5.38. The van der Waals surface area contributed by atoms with Crippen LogP contribution in [0.4, 0.5) is 0 Å². The zero-order valence-corrected chi connectivity index (χ0v) is 13.6. The first-order valence-electron chi connectivity index (χ1n) is 7.41. The Kier molecular flexibility index (Phi) is 4.18. The predicted octanol–water partition coefficient (Wildman–Crippen LogP) is 0.906. The summed E-state index contributed by atoms with van der Waals surface area (Å²) in [6, 6.07) is 6.13. The first-order valence-corrected chi connectivity index (χ1v) is 8.89. The number of nitrogens with zero attached hydrogens (tertiary/aromatic N) is 2. The Morgan fingerprint density at radius 2 is 2.26 bits per heavy atom. The van der Waals surface area contributed by atoms with Gasteiger partial charge in [-0.15, -0.1) is 0 Å². The Hall–Kier alpha value is -2.19. The number of amides is 1. The number of fused-ring (bicyclic) bond motifs is 1. The van der Waals surface area contributed by atoms with Crippen molar-refractivity contribution in [2.45, 2.75) is 24.8 Å². The van der Waals surface area contributed by atoms with E-state index in [1.54, 1.807) is 30.2 Å². The molecule has 0 saturated carbocycles. The third-order valence-corrected chi connectivity index (χ3v) is 5.36. The standard InChI is InChI=1S/C15H18N4O3S/c1-2-17-23(21,22)13-5-3-4-11(8-13)15(20)19-7-6-14-12(10-19)9-16-18-14/h3-5,8-9,17H,2,6-7,10H2,1H3,(H,16,18). The van der Waals surface area contributed by atoms with Crippen molar-refractivity contribution in [3.8, 4) is 0 Å². The molecule has 0 aliphatic carbocycles. The van der Waals surface area contributed by atoms with E-state index in [1.165, 1.54) is 12.1 Å². The van der Waals surface area contributed by atoms with Gasteiger partial charge in [0.1, 0.15) is 0 Å². The maximum Gasteiger partial charge on any atom is 0.254 e. The van der Waals surface area contributed by atoms with Crippen LogP contribution >= 0.6 is 0 Å². The fourth-order valence-electron chi connectivity index (χ4n) is 2.65. The average molecular weight is 334 g/mol. The Balaban J connectivity index is 1.84. The molecule has 23 heavy (non-hydrogen) atoms. The van der Waals surface area contributed by atoms with Crippen LogP contribution in [0.1, 0.15) is 28.5 Å². The van der Waals surface area contributed by atoms with E-state index in [2.05, 4.69) is 14.9 Å². The Bertz CT molecular complexity index is 829. The van der Waals surface area contributed by atoms with Crippen LogP contribution in [0.3, 0.4) is 0 Å². The quantitative estimate of drug-likeness (QED) is 0.869. The molecule has 2 N–H and O–H groups in total. The molecule has 3 rings (SSSR count). The smallest absolute Gasteiger partial charge is 0.254 e. The molecule has 0 radical (unpaired) electrons. The number of benzene rings is 1. The maximum absolute atomic E-state index is 12.6. The molecule has 0 bridgehead atoms. The van der Waals surface area contributed by atoms with Gasteiger partial charge in [-0.2, -0.15) is 5.10 Å². The maximum atomic E-state index is 12.6. The monoisotopic (exact) mass is 334 g/mol. The van der Waals surface area contributed by atoms with Crippen LogP contribution in [0, 0.1) is 0 Å². The predicted molar refractivity (Wildman–Crippen MR) is 84.3 cm³/mol. The third kappa shape index (κ3) is 3.13. The third-order valence-electron chi connectivity index (χ3n) is 3.81. The number of hydrogen-bond acceptors (Lipinski definition) is 4. The molecule has 0 unspecified atom stereocenters. The molecule has 7 nitrogen and oxygen atoms in total. The lowest BCUT2D eigenvalue weighted by Crippen LogP contribution is -2.35. The molecule has 2 aromatic rings. The van der Waals surface area contributed by atoms with Gasteiger partial charge in [0, 0.05) is 42.9 Å². The molecule has 0 spiro atoms. The highest BCUT2D eigenvalue weighted by molar-refractivity contribution is 7.89. The number of sulfonamides is 1. The second kappa shape index (κ2) is 6.13. The van der Waals surface area contributed by atoms with E-state index in [-0.39, 0.29) is 10.8 Å². The first-order chi connectivity index (χ1) is 11.0. The summed E-state index contributed by atoms with van der Waals surface area (Å²) in [4.78, 5) is 14.5. The van der Waals surface area contributed by atoms with Gasteiger partial charge in [0.05, 0.1) is 11.1 Å². The van der Waals surface area contributed by atoms with Crippen LogP contribution in [0.5, 0.6) is 0 Å². The summed E-state index contributed by atoms with van der Waals surface area (Å²) in [6.45, 7) is 3.08. The van der Waals surface area contributed by atoms with Crippen LogP contribution in [-0.2, 0) is 23.0 Å². The summed E-state index contributed by atoms with van der Waals surface area (Å²) < 4.78 is 26.6. The van der Waals surface area contributed by atoms with Crippen molar-refractivity contribution in [3.05, 3.63) is 47.3 Å². The molecule has 0 atom stereocenters. The first kappa shape index (κ1) is 15.7. The Morgan fingerprint density at radius 1 is 1.43 bits per heavy atom. The number of aromatic amines is 1. The van der Waals surface area contributed by atoms with Gasteiger partial charge in [0.2, 0.25) is 10.0 Å². The number of hydrogen-bond donors (Lipinski definition) is 2. The molecular weight excluding hydrogens is 316 g/mol. The summed E-state index contributed by atoms with van der Waals surface area (Å²) in [5, 5.41) is 6.91. The molecule has 2 heterocycles. The molecule has 1 aliphatic rings. The van der Waals surface area contributed by atoms with E-state index in [0.717, 1.165) is 17.7 Å². The van der Waals surface area contributed by atoms with Gasteiger partial charge in [-0.1, -0.05) is 13.0 Å². The van der Waals surface area contributed by atoms with Crippen molar-refractivity contribution in [2.24, 2.45) is 0 Å². The van der Waals surface area contributed by atoms with Gasteiger partial charge in [0.15, 0.2) is 0 Å². The van der Waals surface area contributed by atoms with Crippen molar-refractivity contribution in [1.29, 1.82) is 0 Å².